The largest absolute Gasteiger partial charge is 0.455 e. The third-order valence-electron chi connectivity index (χ3n) is 11.4. The zero-order valence-electron chi connectivity index (χ0n) is 30.4. The number of benzene rings is 8. The molecular weight excluding hydrogens is 681 g/mol. The van der Waals surface area contributed by atoms with Crippen LogP contribution in [0.3, 0.4) is 0 Å². The van der Waals surface area contributed by atoms with Crippen LogP contribution in [-0.4, -0.2) is 9.97 Å². The van der Waals surface area contributed by atoms with Crippen LogP contribution in [0.4, 0.5) is 0 Å². The number of hydrogen-bond donors (Lipinski definition) is 0. The second kappa shape index (κ2) is 12.9. The van der Waals surface area contributed by atoms with Crippen molar-refractivity contribution in [1.29, 1.82) is 0 Å². The van der Waals surface area contributed by atoms with Crippen LogP contribution in [0.25, 0.3) is 78.1 Å². The molecule has 0 atom stereocenters. The molecule has 56 heavy (non-hydrogen) atoms. The Labute approximate surface area is 325 Å². The molecule has 1 aliphatic rings. The molecule has 8 aromatic carbocycles. The summed E-state index contributed by atoms with van der Waals surface area (Å²) in [7, 11) is 0. The van der Waals surface area contributed by atoms with Gasteiger partial charge in [0, 0.05) is 33.0 Å². The van der Waals surface area contributed by atoms with E-state index in [-0.39, 0.29) is 0 Å². The minimum Gasteiger partial charge on any atom is -0.455 e. The van der Waals surface area contributed by atoms with Gasteiger partial charge in [0.15, 0.2) is 5.82 Å². The molecule has 2 aromatic heterocycles. The highest BCUT2D eigenvalue weighted by Gasteiger charge is 2.46. The maximum atomic E-state index is 6.89. The third kappa shape index (κ3) is 4.91. The molecule has 2 heterocycles. The van der Waals surface area contributed by atoms with Crippen molar-refractivity contribution < 1.29 is 4.42 Å². The number of fused-ring (bicyclic) bond motifs is 6. The summed E-state index contributed by atoms with van der Waals surface area (Å²) in [6.07, 6.45) is 0. The van der Waals surface area contributed by atoms with Gasteiger partial charge >= 0.3 is 0 Å². The summed E-state index contributed by atoms with van der Waals surface area (Å²) in [5.41, 5.74) is 15.4. The fraction of sp³-hybridized carbons (Fsp3) is 0.0189. The fourth-order valence-electron chi connectivity index (χ4n) is 8.95. The highest BCUT2D eigenvalue weighted by molar-refractivity contribution is 6.13. The second-order valence-corrected chi connectivity index (χ2v) is 14.4. The third-order valence-corrected chi connectivity index (χ3v) is 11.4. The molecular formula is C53H34N2O. The van der Waals surface area contributed by atoms with Gasteiger partial charge < -0.3 is 4.42 Å². The molecule has 0 aliphatic heterocycles. The van der Waals surface area contributed by atoms with Gasteiger partial charge in [0.05, 0.1) is 16.8 Å². The Hall–Kier alpha value is -7.36. The highest BCUT2D eigenvalue weighted by Crippen LogP contribution is 2.57. The molecule has 0 N–H and O–H groups in total. The van der Waals surface area contributed by atoms with Gasteiger partial charge in [-0.1, -0.05) is 182 Å². The normalized spacial score (nSPS) is 12.8. The van der Waals surface area contributed by atoms with E-state index < -0.39 is 5.41 Å². The predicted molar refractivity (Wildman–Crippen MR) is 228 cm³/mol. The van der Waals surface area contributed by atoms with E-state index in [4.69, 9.17) is 14.4 Å². The number of aromatic nitrogens is 2. The van der Waals surface area contributed by atoms with E-state index in [1.165, 1.54) is 33.4 Å². The number of hydrogen-bond acceptors (Lipinski definition) is 3. The van der Waals surface area contributed by atoms with Gasteiger partial charge in [-0.15, -0.1) is 0 Å². The molecule has 3 heteroatoms. The molecule has 10 aromatic rings. The lowest BCUT2D eigenvalue weighted by atomic mass is 9.67. The van der Waals surface area contributed by atoms with Gasteiger partial charge in [-0.25, -0.2) is 9.97 Å². The molecule has 1 aliphatic carbocycles. The monoisotopic (exact) mass is 714 g/mol. The molecule has 0 spiro atoms. The number of nitrogens with zero attached hydrogens (tertiary/aromatic N) is 2. The first-order valence-electron chi connectivity index (χ1n) is 19.1. The molecule has 3 nitrogen and oxygen atoms in total. The highest BCUT2D eigenvalue weighted by atomic mass is 16.3. The first kappa shape index (κ1) is 32.1. The van der Waals surface area contributed by atoms with Crippen molar-refractivity contribution in [2.75, 3.05) is 0 Å². The zero-order valence-corrected chi connectivity index (χ0v) is 30.4. The van der Waals surface area contributed by atoms with Crippen molar-refractivity contribution in [1.82, 2.24) is 9.97 Å². The molecule has 0 bridgehead atoms. The van der Waals surface area contributed by atoms with Crippen LogP contribution in [0.1, 0.15) is 22.3 Å². The van der Waals surface area contributed by atoms with Crippen LogP contribution in [0, 0.1) is 0 Å². The van der Waals surface area contributed by atoms with E-state index in [0.717, 1.165) is 61.1 Å². The number of para-hydroxylation sites is 1. The summed E-state index contributed by atoms with van der Waals surface area (Å²) < 4.78 is 6.89. The first-order chi connectivity index (χ1) is 27.8. The molecule has 0 amide bonds. The van der Waals surface area contributed by atoms with Gasteiger partial charge in [-0.2, -0.15) is 0 Å². The minimum absolute atomic E-state index is 0.539. The van der Waals surface area contributed by atoms with Gasteiger partial charge in [0.2, 0.25) is 0 Å². The predicted octanol–water partition coefficient (Wildman–Crippen LogP) is 13.4. The number of furan rings is 1. The summed E-state index contributed by atoms with van der Waals surface area (Å²) in [4.78, 5) is 10.4. The van der Waals surface area contributed by atoms with Crippen molar-refractivity contribution in [3.05, 3.63) is 229 Å². The Kier molecular flexibility index (Phi) is 7.39. The Morgan fingerprint density at radius 2 is 0.946 bits per heavy atom. The Balaban J connectivity index is 1.23. The van der Waals surface area contributed by atoms with E-state index in [1.807, 2.05) is 30.3 Å². The maximum Gasteiger partial charge on any atom is 0.160 e. The molecule has 0 saturated carbocycles. The van der Waals surface area contributed by atoms with Gasteiger partial charge in [-0.3, -0.25) is 0 Å². The van der Waals surface area contributed by atoms with E-state index in [0.29, 0.717) is 5.82 Å². The van der Waals surface area contributed by atoms with Crippen molar-refractivity contribution >= 4 is 21.9 Å². The smallest absolute Gasteiger partial charge is 0.160 e. The second-order valence-electron chi connectivity index (χ2n) is 14.4. The average molecular weight is 715 g/mol. The summed E-state index contributed by atoms with van der Waals surface area (Å²) in [6, 6.07) is 73.2. The summed E-state index contributed by atoms with van der Waals surface area (Å²) in [5.74, 6) is 0.675. The van der Waals surface area contributed by atoms with Crippen LogP contribution in [0.2, 0.25) is 0 Å². The van der Waals surface area contributed by atoms with Crippen molar-refractivity contribution in [3.8, 4) is 56.2 Å². The van der Waals surface area contributed by atoms with E-state index in [2.05, 4.69) is 176 Å². The Morgan fingerprint density at radius 1 is 0.375 bits per heavy atom. The van der Waals surface area contributed by atoms with Crippen LogP contribution in [0.15, 0.2) is 211 Å². The van der Waals surface area contributed by atoms with Crippen LogP contribution in [-0.2, 0) is 5.41 Å². The maximum absolute atomic E-state index is 6.89. The molecule has 0 unspecified atom stereocenters. The molecule has 0 radical (unpaired) electrons. The molecule has 0 saturated heterocycles. The van der Waals surface area contributed by atoms with Crippen molar-refractivity contribution in [2.45, 2.75) is 5.41 Å². The topological polar surface area (TPSA) is 38.9 Å². The van der Waals surface area contributed by atoms with E-state index in [9.17, 15) is 0 Å². The van der Waals surface area contributed by atoms with E-state index in [1.54, 1.807) is 0 Å². The van der Waals surface area contributed by atoms with Crippen LogP contribution < -0.4 is 0 Å². The van der Waals surface area contributed by atoms with Gasteiger partial charge in [0.25, 0.3) is 0 Å². The van der Waals surface area contributed by atoms with Gasteiger partial charge in [0.1, 0.15) is 11.2 Å². The lowest BCUT2D eigenvalue weighted by Crippen LogP contribution is -2.28. The molecule has 262 valence electrons. The van der Waals surface area contributed by atoms with Gasteiger partial charge in [-0.05, 0) is 63.2 Å². The van der Waals surface area contributed by atoms with E-state index >= 15 is 0 Å². The molecule has 0 fully saturated rings. The average Bonchev–Trinajstić information content (AvgIpc) is 3.81. The summed E-state index contributed by atoms with van der Waals surface area (Å²) in [5, 5.41) is 2.16. The summed E-state index contributed by atoms with van der Waals surface area (Å²) in [6.45, 7) is 0. The first-order valence-corrected chi connectivity index (χ1v) is 19.1. The number of rotatable bonds is 6. The quantitative estimate of drug-likeness (QED) is 0.172. The van der Waals surface area contributed by atoms with Crippen molar-refractivity contribution in [2.24, 2.45) is 0 Å². The van der Waals surface area contributed by atoms with Crippen molar-refractivity contribution in [3.63, 3.8) is 0 Å². The van der Waals surface area contributed by atoms with Crippen LogP contribution >= 0.6 is 0 Å². The lowest BCUT2D eigenvalue weighted by molar-refractivity contribution is 0.670. The summed E-state index contributed by atoms with van der Waals surface area (Å²) >= 11 is 0. The standard InChI is InChI=1S/C53H34N2O/c1-5-17-35(18-6-1)47-34-48(55-52(54-47)36-19-7-2-8-20-36)44-32-31-43-42-26-14-16-28-49(42)56-51(43)50(44)37-29-30-41-40-25-13-15-27-45(40)53(46(41)33-37,38-21-9-3-10-22-38)39-23-11-4-12-24-39/h1-34H. The zero-order chi connectivity index (χ0) is 37.1. The molecule has 11 rings (SSSR count). The van der Waals surface area contributed by atoms with Crippen LogP contribution in [0.5, 0.6) is 0 Å². The minimum atomic E-state index is -0.539. The Morgan fingerprint density at radius 3 is 1.68 bits per heavy atom. The Bertz CT molecular complexity index is 2960. The lowest BCUT2D eigenvalue weighted by Gasteiger charge is -2.34. The fourth-order valence-corrected chi connectivity index (χ4v) is 8.95. The SMILES string of the molecule is c1ccc(-c2cc(-c3ccc4c(oc5ccccc54)c3-c3ccc4c(c3)C(c3ccccc3)(c3ccccc3)c3ccccc3-4)nc(-c3ccccc3)n2)cc1.